The minimum Gasteiger partial charge on any atom is -0.508 e. The zero-order valence-corrected chi connectivity index (χ0v) is 16.2. The van der Waals surface area contributed by atoms with E-state index < -0.39 is 29.4 Å². The summed E-state index contributed by atoms with van der Waals surface area (Å²) in [6.07, 6.45) is 0. The molecule has 2 aromatic carbocycles. The van der Waals surface area contributed by atoms with Crippen LogP contribution in [0.2, 0.25) is 0 Å². The lowest BCUT2D eigenvalue weighted by Gasteiger charge is -2.26. The molecule has 2 heterocycles. The standard InChI is InChI=1S/C22H22N2O5/c1-3-29-21(28)22(2)17-16(18(23-22)13-9-11-15(25)12-10-13)19(26)24(20(17)27)14-7-5-4-6-8-14/h4-12,16-18,23,25H,3H2,1-2H3/p+1/t16-,17-,18-,22-/m0/s1. The summed E-state index contributed by atoms with van der Waals surface area (Å²) in [5.74, 6) is -2.66. The summed E-state index contributed by atoms with van der Waals surface area (Å²) < 4.78 is 5.27. The van der Waals surface area contributed by atoms with Crippen molar-refractivity contribution in [1.82, 2.24) is 0 Å². The molecular formula is C22H23N2O5+. The third kappa shape index (κ3) is 2.89. The quantitative estimate of drug-likeness (QED) is 0.597. The van der Waals surface area contributed by atoms with Gasteiger partial charge in [0.15, 0.2) is 0 Å². The summed E-state index contributed by atoms with van der Waals surface area (Å²) in [7, 11) is 0. The number of imide groups is 1. The lowest BCUT2D eigenvalue weighted by atomic mass is 9.80. The van der Waals surface area contributed by atoms with Crippen molar-refractivity contribution in [2.45, 2.75) is 25.4 Å². The highest BCUT2D eigenvalue weighted by atomic mass is 16.5. The molecule has 0 radical (unpaired) electrons. The maximum atomic E-state index is 13.4. The van der Waals surface area contributed by atoms with Gasteiger partial charge < -0.3 is 15.2 Å². The molecule has 7 heteroatoms. The van der Waals surface area contributed by atoms with Crippen LogP contribution in [-0.2, 0) is 19.1 Å². The Hall–Kier alpha value is -3.19. The maximum absolute atomic E-state index is 13.4. The van der Waals surface area contributed by atoms with E-state index in [4.69, 9.17) is 4.74 Å². The molecule has 0 aromatic heterocycles. The molecule has 4 rings (SSSR count). The van der Waals surface area contributed by atoms with Crippen molar-refractivity contribution >= 4 is 23.5 Å². The van der Waals surface area contributed by atoms with E-state index in [1.807, 2.05) is 6.07 Å². The van der Waals surface area contributed by atoms with Crippen molar-refractivity contribution in [3.05, 3.63) is 60.2 Å². The minimum absolute atomic E-state index is 0.108. The number of hydrogen-bond acceptors (Lipinski definition) is 5. The Morgan fingerprint density at radius 2 is 1.76 bits per heavy atom. The van der Waals surface area contributed by atoms with E-state index in [2.05, 4.69) is 0 Å². The zero-order valence-electron chi connectivity index (χ0n) is 16.2. The number of nitrogens with two attached hydrogens (primary N) is 1. The summed E-state index contributed by atoms with van der Waals surface area (Å²) in [6, 6.07) is 14.8. The highest BCUT2D eigenvalue weighted by Crippen LogP contribution is 2.45. The SMILES string of the molecule is CCOC(=O)[C@@]1(C)[NH2+][C@@H](c2ccc(O)cc2)[C@H]2C(=O)N(c3ccccc3)C(=O)[C@H]21. The number of para-hydroxylation sites is 1. The molecule has 3 N–H and O–H groups in total. The van der Waals surface area contributed by atoms with Gasteiger partial charge in [0.25, 0.3) is 0 Å². The van der Waals surface area contributed by atoms with Crippen LogP contribution < -0.4 is 10.2 Å². The van der Waals surface area contributed by atoms with Crippen LogP contribution in [0.25, 0.3) is 0 Å². The molecule has 2 saturated heterocycles. The molecule has 2 aliphatic heterocycles. The Kier molecular flexibility index (Phi) is 4.62. The molecule has 0 aliphatic carbocycles. The van der Waals surface area contributed by atoms with Crippen molar-refractivity contribution in [2.24, 2.45) is 11.8 Å². The number of phenols is 1. The fourth-order valence-electron chi connectivity index (χ4n) is 4.58. The highest BCUT2D eigenvalue weighted by molar-refractivity contribution is 6.23. The van der Waals surface area contributed by atoms with E-state index in [9.17, 15) is 19.5 Å². The summed E-state index contributed by atoms with van der Waals surface area (Å²) >= 11 is 0. The summed E-state index contributed by atoms with van der Waals surface area (Å²) in [6.45, 7) is 3.57. The number of quaternary nitrogens is 1. The molecule has 0 saturated carbocycles. The number of rotatable bonds is 4. The van der Waals surface area contributed by atoms with E-state index in [1.54, 1.807) is 55.6 Å². The van der Waals surface area contributed by atoms with Gasteiger partial charge in [0.1, 0.15) is 23.6 Å². The molecule has 2 amide bonds. The van der Waals surface area contributed by atoms with Gasteiger partial charge in [0.2, 0.25) is 17.4 Å². The van der Waals surface area contributed by atoms with Crippen LogP contribution in [0.5, 0.6) is 5.75 Å². The fourth-order valence-corrected chi connectivity index (χ4v) is 4.58. The summed E-state index contributed by atoms with van der Waals surface area (Å²) in [5.41, 5.74) is 0.0360. The lowest BCUT2D eigenvalue weighted by Crippen LogP contribution is -2.97. The number of fused-ring (bicyclic) bond motifs is 1. The number of aromatic hydroxyl groups is 1. The molecule has 2 fully saturated rings. The van der Waals surface area contributed by atoms with Gasteiger partial charge in [0, 0.05) is 12.5 Å². The molecule has 2 aliphatic rings. The van der Waals surface area contributed by atoms with Crippen molar-refractivity contribution < 1.29 is 29.5 Å². The molecule has 0 unspecified atom stereocenters. The van der Waals surface area contributed by atoms with Crippen LogP contribution in [-0.4, -0.2) is 35.0 Å². The number of carbonyl (C=O) groups excluding carboxylic acids is 3. The predicted octanol–water partition coefficient (Wildman–Crippen LogP) is 1.14. The number of esters is 1. The van der Waals surface area contributed by atoms with Crippen molar-refractivity contribution in [1.29, 1.82) is 0 Å². The van der Waals surface area contributed by atoms with Crippen LogP contribution in [0.3, 0.4) is 0 Å². The molecule has 0 spiro atoms. The molecule has 0 bridgehead atoms. The highest BCUT2D eigenvalue weighted by Gasteiger charge is 2.70. The molecule has 2 aromatic rings. The van der Waals surface area contributed by atoms with E-state index in [-0.39, 0.29) is 24.2 Å². The van der Waals surface area contributed by atoms with Crippen molar-refractivity contribution in [3.63, 3.8) is 0 Å². The van der Waals surface area contributed by atoms with Crippen LogP contribution in [0.1, 0.15) is 25.5 Å². The average molecular weight is 395 g/mol. The van der Waals surface area contributed by atoms with Crippen LogP contribution >= 0.6 is 0 Å². The topological polar surface area (TPSA) is 101 Å². The zero-order chi connectivity index (χ0) is 20.8. The Balaban J connectivity index is 1.81. The van der Waals surface area contributed by atoms with Gasteiger partial charge in [-0.15, -0.1) is 0 Å². The number of carbonyl (C=O) groups is 3. The minimum atomic E-state index is -1.22. The number of benzene rings is 2. The van der Waals surface area contributed by atoms with Gasteiger partial charge in [-0.1, -0.05) is 18.2 Å². The Morgan fingerprint density at radius 1 is 1.10 bits per heavy atom. The molecule has 4 atom stereocenters. The van der Waals surface area contributed by atoms with Crippen molar-refractivity contribution in [3.8, 4) is 5.75 Å². The molecule has 29 heavy (non-hydrogen) atoms. The van der Waals surface area contributed by atoms with E-state index >= 15 is 0 Å². The van der Waals surface area contributed by atoms with Crippen LogP contribution in [0.15, 0.2) is 54.6 Å². The second kappa shape index (κ2) is 7.00. The van der Waals surface area contributed by atoms with Gasteiger partial charge in [-0.05, 0) is 43.3 Å². The molecular weight excluding hydrogens is 372 g/mol. The van der Waals surface area contributed by atoms with E-state index in [0.717, 1.165) is 5.56 Å². The van der Waals surface area contributed by atoms with Gasteiger partial charge in [0.05, 0.1) is 12.3 Å². The third-order valence-electron chi connectivity index (χ3n) is 5.92. The monoisotopic (exact) mass is 395 g/mol. The second-order valence-corrected chi connectivity index (χ2v) is 7.64. The van der Waals surface area contributed by atoms with Gasteiger partial charge in [-0.3, -0.25) is 9.59 Å². The van der Waals surface area contributed by atoms with E-state index in [0.29, 0.717) is 5.69 Å². The fraction of sp³-hybridized carbons (Fsp3) is 0.318. The summed E-state index contributed by atoms with van der Waals surface area (Å²) in [5, 5.41) is 11.4. The van der Waals surface area contributed by atoms with Gasteiger partial charge in [-0.2, -0.15) is 0 Å². The predicted molar refractivity (Wildman–Crippen MR) is 104 cm³/mol. The van der Waals surface area contributed by atoms with E-state index in [1.165, 1.54) is 17.0 Å². The Morgan fingerprint density at radius 3 is 2.38 bits per heavy atom. The van der Waals surface area contributed by atoms with Crippen molar-refractivity contribution in [2.75, 3.05) is 11.5 Å². The molecule has 150 valence electrons. The van der Waals surface area contributed by atoms with Gasteiger partial charge >= 0.3 is 5.97 Å². The lowest BCUT2D eigenvalue weighted by molar-refractivity contribution is -0.731. The Labute approximate surface area is 168 Å². The first-order chi connectivity index (χ1) is 13.9. The summed E-state index contributed by atoms with van der Waals surface area (Å²) in [4.78, 5) is 40.8. The molecule has 7 nitrogen and oxygen atoms in total. The smallest absolute Gasteiger partial charge is 0.368 e. The normalized spacial score (nSPS) is 28.5. The first-order valence-corrected chi connectivity index (χ1v) is 9.63. The number of amides is 2. The number of nitrogens with zero attached hydrogens (tertiary/aromatic N) is 1. The third-order valence-corrected chi connectivity index (χ3v) is 5.92. The number of phenolic OH excluding ortho intramolecular Hbond substituents is 1. The van der Waals surface area contributed by atoms with Gasteiger partial charge in [-0.25, -0.2) is 9.69 Å². The first-order valence-electron chi connectivity index (χ1n) is 9.63. The average Bonchev–Trinajstić information content (AvgIpc) is 3.17. The largest absolute Gasteiger partial charge is 0.508 e. The van der Waals surface area contributed by atoms with Crippen LogP contribution in [0, 0.1) is 11.8 Å². The Bertz CT molecular complexity index is 959. The first kappa shape index (κ1) is 19.1. The second-order valence-electron chi connectivity index (χ2n) is 7.64. The number of ether oxygens (including phenoxy) is 1. The number of hydrogen-bond donors (Lipinski definition) is 2. The van der Waals surface area contributed by atoms with Crippen LogP contribution in [0.4, 0.5) is 5.69 Å². The number of anilines is 1. The maximum Gasteiger partial charge on any atom is 0.368 e.